The van der Waals surface area contributed by atoms with Gasteiger partial charge in [-0.05, 0) is 53.5 Å². The molecule has 1 unspecified atom stereocenters. The molecule has 2 amide bonds. The van der Waals surface area contributed by atoms with Crippen molar-refractivity contribution in [1.82, 2.24) is 10.2 Å². The monoisotopic (exact) mass is 577 g/mol. The molecule has 1 N–H and O–H groups in total. The first-order valence-electron chi connectivity index (χ1n) is 10.2. The van der Waals surface area contributed by atoms with E-state index in [1.165, 1.54) is 4.90 Å². The fourth-order valence-corrected chi connectivity index (χ4v) is 5.31. The Bertz CT molecular complexity index is 1090. The number of sulfonamides is 1. The standard InChI is InChI=1S/C22H26BrCl2N3O4S/c1-4-19(22(30)26-5-2)27(13-15-17(24)10-8-11-18(15)25)21(29)14-28(33(3,31)32)20-12-7-6-9-16(20)23/h6-12,19H,4-5,13-14H2,1-3H3,(H,26,30). The van der Waals surface area contributed by atoms with E-state index in [2.05, 4.69) is 21.2 Å². The summed E-state index contributed by atoms with van der Waals surface area (Å²) >= 11 is 16.0. The molecule has 0 bridgehead atoms. The van der Waals surface area contributed by atoms with Crippen LogP contribution in [0.3, 0.4) is 0 Å². The Kier molecular flexibility index (Phi) is 10.0. The Morgan fingerprint density at radius 3 is 2.18 bits per heavy atom. The lowest BCUT2D eigenvalue weighted by molar-refractivity contribution is -0.140. The lowest BCUT2D eigenvalue weighted by atomic mass is 10.1. The molecule has 2 aromatic rings. The molecule has 0 aliphatic heterocycles. The van der Waals surface area contributed by atoms with Gasteiger partial charge < -0.3 is 10.2 Å². The predicted octanol–water partition coefficient (Wildman–Crippen LogP) is 4.47. The number of hydrogen-bond donors (Lipinski definition) is 1. The highest BCUT2D eigenvalue weighted by molar-refractivity contribution is 9.10. The average molecular weight is 579 g/mol. The molecule has 7 nitrogen and oxygen atoms in total. The number of para-hydroxylation sites is 1. The molecule has 0 saturated heterocycles. The van der Waals surface area contributed by atoms with Gasteiger partial charge in [-0.2, -0.15) is 0 Å². The summed E-state index contributed by atoms with van der Waals surface area (Å²) in [7, 11) is -3.82. The van der Waals surface area contributed by atoms with Crippen molar-refractivity contribution in [2.45, 2.75) is 32.9 Å². The van der Waals surface area contributed by atoms with Crippen molar-refractivity contribution in [2.75, 3.05) is 23.7 Å². The molecule has 0 radical (unpaired) electrons. The number of nitrogens with one attached hydrogen (secondary N) is 1. The van der Waals surface area contributed by atoms with E-state index < -0.39 is 28.5 Å². The van der Waals surface area contributed by atoms with Crippen molar-refractivity contribution in [3.05, 3.63) is 62.5 Å². The Hall–Kier alpha value is -1.81. The van der Waals surface area contributed by atoms with Crippen LogP contribution < -0.4 is 9.62 Å². The third-order valence-corrected chi connectivity index (χ3v) is 7.43. The van der Waals surface area contributed by atoms with E-state index in [0.717, 1.165) is 10.6 Å². The topological polar surface area (TPSA) is 86.8 Å². The van der Waals surface area contributed by atoms with Gasteiger partial charge >= 0.3 is 0 Å². The summed E-state index contributed by atoms with van der Waals surface area (Å²) in [6, 6.07) is 10.8. The van der Waals surface area contributed by atoms with Crippen LogP contribution in [0.15, 0.2) is 46.9 Å². The average Bonchev–Trinajstić information content (AvgIpc) is 2.74. The number of halogens is 3. The maximum Gasteiger partial charge on any atom is 0.244 e. The van der Waals surface area contributed by atoms with Crippen LogP contribution in [0, 0.1) is 0 Å². The van der Waals surface area contributed by atoms with Crippen LogP contribution in [-0.4, -0.2) is 50.5 Å². The molecule has 33 heavy (non-hydrogen) atoms. The van der Waals surface area contributed by atoms with Crippen molar-refractivity contribution in [1.29, 1.82) is 0 Å². The van der Waals surface area contributed by atoms with Crippen LogP contribution in [0.1, 0.15) is 25.8 Å². The first-order chi connectivity index (χ1) is 15.5. The lowest BCUT2D eigenvalue weighted by Gasteiger charge is -2.33. The summed E-state index contributed by atoms with van der Waals surface area (Å²) in [5.74, 6) is -0.909. The number of benzene rings is 2. The summed E-state index contributed by atoms with van der Waals surface area (Å²) in [6.07, 6.45) is 1.34. The van der Waals surface area contributed by atoms with Crippen LogP contribution in [-0.2, 0) is 26.2 Å². The maximum absolute atomic E-state index is 13.6. The minimum Gasteiger partial charge on any atom is -0.355 e. The number of nitrogens with zero attached hydrogens (tertiary/aromatic N) is 2. The van der Waals surface area contributed by atoms with Crippen LogP contribution in [0.5, 0.6) is 0 Å². The minimum atomic E-state index is -3.82. The van der Waals surface area contributed by atoms with Crippen LogP contribution >= 0.6 is 39.1 Å². The van der Waals surface area contributed by atoms with Crippen molar-refractivity contribution < 1.29 is 18.0 Å². The predicted molar refractivity (Wildman–Crippen MR) is 136 cm³/mol. The highest BCUT2D eigenvalue weighted by atomic mass is 79.9. The third-order valence-electron chi connectivity index (χ3n) is 4.93. The minimum absolute atomic E-state index is 0.0550. The van der Waals surface area contributed by atoms with Gasteiger partial charge in [0.15, 0.2) is 0 Å². The van der Waals surface area contributed by atoms with Gasteiger partial charge in [0.05, 0.1) is 11.9 Å². The number of anilines is 1. The molecule has 0 heterocycles. The number of hydrogen-bond acceptors (Lipinski definition) is 4. The zero-order valence-corrected chi connectivity index (χ0v) is 22.4. The van der Waals surface area contributed by atoms with Crippen molar-refractivity contribution >= 4 is 66.7 Å². The van der Waals surface area contributed by atoms with E-state index in [1.54, 1.807) is 56.3 Å². The van der Waals surface area contributed by atoms with E-state index >= 15 is 0 Å². The first-order valence-corrected chi connectivity index (χ1v) is 13.6. The van der Waals surface area contributed by atoms with Crippen molar-refractivity contribution in [3.8, 4) is 0 Å². The molecule has 0 aliphatic rings. The van der Waals surface area contributed by atoms with Gasteiger partial charge in [-0.3, -0.25) is 13.9 Å². The molecule has 11 heteroatoms. The summed E-state index contributed by atoms with van der Waals surface area (Å²) in [5, 5.41) is 3.42. The lowest BCUT2D eigenvalue weighted by Crippen LogP contribution is -2.52. The number of amides is 2. The van der Waals surface area contributed by atoms with Crippen molar-refractivity contribution in [3.63, 3.8) is 0 Å². The largest absolute Gasteiger partial charge is 0.355 e. The summed E-state index contributed by atoms with van der Waals surface area (Å²) in [4.78, 5) is 27.7. The number of rotatable bonds is 10. The SMILES string of the molecule is CCNC(=O)C(CC)N(Cc1c(Cl)cccc1Cl)C(=O)CN(c1ccccc1Br)S(C)(=O)=O. The molecular weight excluding hydrogens is 553 g/mol. The first kappa shape index (κ1) is 27.4. The van der Waals surface area contributed by atoms with Gasteiger partial charge in [0.1, 0.15) is 12.6 Å². The van der Waals surface area contributed by atoms with Gasteiger partial charge in [0.25, 0.3) is 0 Å². The van der Waals surface area contributed by atoms with Gasteiger partial charge in [0.2, 0.25) is 21.8 Å². The number of carbonyl (C=O) groups is 2. The molecule has 2 rings (SSSR count). The fraction of sp³-hybridized carbons (Fsp3) is 0.364. The summed E-state index contributed by atoms with van der Waals surface area (Å²) < 4.78 is 26.7. The van der Waals surface area contributed by atoms with Gasteiger partial charge in [-0.15, -0.1) is 0 Å². The van der Waals surface area contributed by atoms with Gasteiger partial charge in [-0.1, -0.05) is 48.3 Å². The highest BCUT2D eigenvalue weighted by Gasteiger charge is 2.32. The zero-order chi connectivity index (χ0) is 24.8. The number of carbonyl (C=O) groups excluding carboxylic acids is 2. The molecule has 0 spiro atoms. The molecule has 0 aromatic heterocycles. The van der Waals surface area contributed by atoms with E-state index in [4.69, 9.17) is 23.2 Å². The molecule has 180 valence electrons. The van der Waals surface area contributed by atoms with Crippen LogP contribution in [0.25, 0.3) is 0 Å². The quantitative estimate of drug-likeness (QED) is 0.451. The van der Waals surface area contributed by atoms with Gasteiger partial charge in [0, 0.05) is 33.2 Å². The molecule has 2 aromatic carbocycles. The fourth-order valence-electron chi connectivity index (χ4n) is 3.31. The highest BCUT2D eigenvalue weighted by Crippen LogP contribution is 2.29. The summed E-state index contributed by atoms with van der Waals surface area (Å²) in [5.41, 5.74) is 0.791. The van der Waals surface area contributed by atoms with E-state index in [9.17, 15) is 18.0 Å². The Balaban J connectivity index is 2.51. The normalized spacial score (nSPS) is 12.2. The molecule has 0 fully saturated rings. The van der Waals surface area contributed by atoms with Crippen LogP contribution in [0.2, 0.25) is 10.0 Å². The molecular formula is C22H26BrCl2N3O4S. The number of likely N-dealkylation sites (N-methyl/N-ethyl adjacent to an activating group) is 1. The smallest absolute Gasteiger partial charge is 0.244 e. The Morgan fingerprint density at radius 1 is 1.06 bits per heavy atom. The van der Waals surface area contributed by atoms with Crippen LogP contribution in [0.4, 0.5) is 5.69 Å². The summed E-state index contributed by atoms with van der Waals surface area (Å²) in [6.45, 7) is 3.38. The second kappa shape index (κ2) is 12.1. The Labute approximate surface area is 213 Å². The Morgan fingerprint density at radius 2 is 1.67 bits per heavy atom. The van der Waals surface area contributed by atoms with Crippen molar-refractivity contribution in [2.24, 2.45) is 0 Å². The molecule has 1 atom stereocenters. The third kappa shape index (κ3) is 7.09. The van der Waals surface area contributed by atoms with E-state index in [0.29, 0.717) is 38.7 Å². The zero-order valence-electron chi connectivity index (χ0n) is 18.5. The van der Waals surface area contributed by atoms with E-state index in [-0.39, 0.29) is 12.5 Å². The second-order valence-corrected chi connectivity index (χ2v) is 10.8. The maximum atomic E-state index is 13.6. The van der Waals surface area contributed by atoms with Gasteiger partial charge in [-0.25, -0.2) is 8.42 Å². The van der Waals surface area contributed by atoms with E-state index in [1.807, 2.05) is 0 Å². The molecule has 0 aliphatic carbocycles. The second-order valence-electron chi connectivity index (χ2n) is 7.26. The molecule has 0 saturated carbocycles.